The third kappa shape index (κ3) is 2.55. The van der Waals surface area contributed by atoms with Crippen LogP contribution in [0.1, 0.15) is 62.4 Å². The minimum absolute atomic E-state index is 0.193. The van der Waals surface area contributed by atoms with E-state index in [0.717, 1.165) is 23.9 Å². The third-order valence-electron chi connectivity index (χ3n) is 5.20. The van der Waals surface area contributed by atoms with Gasteiger partial charge in [-0.3, -0.25) is 4.79 Å². The second-order valence-corrected chi connectivity index (χ2v) is 7.17. The molecule has 1 saturated heterocycles. The maximum Gasteiger partial charge on any atom is 0.458 e. The van der Waals surface area contributed by atoms with Crippen molar-refractivity contribution in [2.24, 2.45) is 0 Å². The van der Waals surface area contributed by atoms with Crippen LogP contribution in [0.5, 0.6) is 0 Å². The van der Waals surface area contributed by atoms with Gasteiger partial charge in [0.2, 0.25) is 0 Å². The molecule has 1 aliphatic heterocycles. The average Bonchev–Trinajstić information content (AvgIpc) is 2.61. The normalized spacial score (nSPS) is 26.8. The summed E-state index contributed by atoms with van der Waals surface area (Å²) >= 11 is 0. The van der Waals surface area contributed by atoms with Crippen molar-refractivity contribution >= 4 is 12.9 Å². The van der Waals surface area contributed by atoms with Gasteiger partial charge >= 0.3 is 7.12 Å². The Kier molecular flexibility index (Phi) is 3.49. The van der Waals surface area contributed by atoms with Gasteiger partial charge in [-0.1, -0.05) is 24.3 Å². The van der Waals surface area contributed by atoms with Gasteiger partial charge < -0.3 is 9.31 Å². The van der Waals surface area contributed by atoms with E-state index < -0.39 is 0 Å². The second-order valence-electron chi connectivity index (χ2n) is 7.17. The van der Waals surface area contributed by atoms with Crippen LogP contribution in [0.4, 0.5) is 0 Å². The first kappa shape index (κ1) is 14.8. The highest BCUT2D eigenvalue weighted by Gasteiger charge is 2.51. The van der Waals surface area contributed by atoms with Gasteiger partial charge in [0.05, 0.1) is 11.2 Å². The van der Waals surface area contributed by atoms with Crippen LogP contribution in [0.2, 0.25) is 6.32 Å². The molecule has 1 fully saturated rings. The van der Waals surface area contributed by atoms with Crippen molar-refractivity contribution in [2.45, 2.75) is 64.0 Å². The maximum atomic E-state index is 12.0. The van der Waals surface area contributed by atoms with E-state index in [1.54, 1.807) is 0 Å². The van der Waals surface area contributed by atoms with Crippen LogP contribution in [0.3, 0.4) is 0 Å². The molecule has 0 bridgehead atoms. The zero-order valence-corrected chi connectivity index (χ0v) is 13.3. The lowest BCUT2D eigenvalue weighted by Crippen LogP contribution is -2.41. The van der Waals surface area contributed by atoms with Crippen LogP contribution in [0.15, 0.2) is 24.3 Å². The first-order valence-electron chi connectivity index (χ1n) is 7.78. The van der Waals surface area contributed by atoms with Crippen LogP contribution < -0.4 is 0 Å². The predicted octanol–water partition coefficient (Wildman–Crippen LogP) is 3.84. The minimum Gasteiger partial charge on any atom is -0.403 e. The third-order valence-corrected chi connectivity index (χ3v) is 5.20. The van der Waals surface area contributed by atoms with E-state index in [0.29, 0.717) is 12.3 Å². The van der Waals surface area contributed by atoms with Gasteiger partial charge in [-0.2, -0.15) is 0 Å². The van der Waals surface area contributed by atoms with Crippen LogP contribution in [-0.2, 0) is 9.31 Å². The maximum absolute atomic E-state index is 12.0. The number of fused-ring (bicyclic) bond motifs is 1. The monoisotopic (exact) mass is 286 g/mol. The van der Waals surface area contributed by atoms with Crippen LogP contribution in [-0.4, -0.2) is 24.1 Å². The molecule has 1 aromatic carbocycles. The van der Waals surface area contributed by atoms with Crippen LogP contribution in [0, 0.1) is 0 Å². The Balaban J connectivity index is 1.79. The van der Waals surface area contributed by atoms with Gasteiger partial charge in [-0.25, -0.2) is 0 Å². The molecular formula is C17H23BO3. The molecular weight excluding hydrogens is 263 g/mol. The van der Waals surface area contributed by atoms with Gasteiger partial charge in [0, 0.05) is 12.0 Å². The molecule has 0 N–H and O–H groups in total. The molecule has 1 heterocycles. The standard InChI is InChI=1S/C17H23BO3/c1-16(2)17(3,4)21-18(20-16)11-12-9-10-15(19)14-8-6-5-7-13(12)14/h5-8,12H,9-11H2,1-4H3. The van der Waals surface area contributed by atoms with Crippen molar-refractivity contribution in [1.29, 1.82) is 0 Å². The smallest absolute Gasteiger partial charge is 0.403 e. The Bertz CT molecular complexity index is 549. The zero-order valence-electron chi connectivity index (χ0n) is 13.3. The van der Waals surface area contributed by atoms with Crippen molar-refractivity contribution in [1.82, 2.24) is 0 Å². The second kappa shape index (κ2) is 4.96. The summed E-state index contributed by atoms with van der Waals surface area (Å²) < 4.78 is 12.2. The average molecular weight is 286 g/mol. The Labute approximate surface area is 127 Å². The Morgan fingerprint density at radius 2 is 1.76 bits per heavy atom. The van der Waals surface area contributed by atoms with Gasteiger partial charge in [0.15, 0.2) is 5.78 Å². The molecule has 0 radical (unpaired) electrons. The lowest BCUT2D eigenvalue weighted by molar-refractivity contribution is 0.00578. The van der Waals surface area contributed by atoms with Crippen LogP contribution in [0.25, 0.3) is 0 Å². The molecule has 21 heavy (non-hydrogen) atoms. The summed E-state index contributed by atoms with van der Waals surface area (Å²) in [5, 5.41) is 0. The van der Waals surface area contributed by atoms with Crippen molar-refractivity contribution in [3.8, 4) is 0 Å². The fraction of sp³-hybridized carbons (Fsp3) is 0.588. The molecule has 0 aromatic heterocycles. The number of Topliss-reactive ketones (excluding diaryl/α,β-unsaturated/α-hetero) is 1. The molecule has 2 aliphatic rings. The molecule has 1 unspecified atom stereocenters. The largest absolute Gasteiger partial charge is 0.458 e. The van der Waals surface area contributed by atoms with E-state index in [2.05, 4.69) is 33.8 Å². The molecule has 0 saturated carbocycles. The van der Waals surface area contributed by atoms with Gasteiger partial charge in [-0.15, -0.1) is 0 Å². The first-order chi connectivity index (χ1) is 9.80. The molecule has 3 nitrogen and oxygen atoms in total. The molecule has 0 amide bonds. The topological polar surface area (TPSA) is 35.5 Å². The first-order valence-corrected chi connectivity index (χ1v) is 7.78. The highest BCUT2D eigenvalue weighted by Crippen LogP contribution is 2.42. The summed E-state index contributed by atoms with van der Waals surface area (Å²) in [6.45, 7) is 8.30. The van der Waals surface area contributed by atoms with Crippen molar-refractivity contribution in [2.75, 3.05) is 0 Å². The molecule has 0 spiro atoms. The number of carbonyl (C=O) groups is 1. The summed E-state index contributed by atoms with van der Waals surface area (Å²) in [5.41, 5.74) is 1.46. The fourth-order valence-corrected chi connectivity index (χ4v) is 3.24. The zero-order chi connectivity index (χ0) is 15.3. The van der Waals surface area contributed by atoms with E-state index >= 15 is 0 Å². The van der Waals surface area contributed by atoms with E-state index in [-0.39, 0.29) is 24.1 Å². The lowest BCUT2D eigenvalue weighted by atomic mass is 9.69. The highest BCUT2D eigenvalue weighted by atomic mass is 16.7. The number of ketones is 1. The van der Waals surface area contributed by atoms with E-state index in [9.17, 15) is 4.79 Å². The quantitative estimate of drug-likeness (QED) is 0.775. The van der Waals surface area contributed by atoms with Gasteiger partial charge in [0.25, 0.3) is 0 Å². The number of rotatable bonds is 2. The summed E-state index contributed by atoms with van der Waals surface area (Å²) in [4.78, 5) is 12.0. The molecule has 1 atom stereocenters. The predicted molar refractivity (Wildman–Crippen MR) is 83.6 cm³/mol. The number of hydrogen-bond acceptors (Lipinski definition) is 3. The molecule has 4 heteroatoms. The Hall–Kier alpha value is -1.13. The Morgan fingerprint density at radius 3 is 2.43 bits per heavy atom. The minimum atomic E-state index is -0.290. The molecule has 112 valence electrons. The van der Waals surface area contributed by atoms with Crippen molar-refractivity contribution < 1.29 is 14.1 Å². The summed E-state index contributed by atoms with van der Waals surface area (Å²) in [5.74, 6) is 0.601. The van der Waals surface area contributed by atoms with Crippen LogP contribution >= 0.6 is 0 Å². The van der Waals surface area contributed by atoms with Crippen molar-refractivity contribution in [3.63, 3.8) is 0 Å². The lowest BCUT2D eigenvalue weighted by Gasteiger charge is -2.32. The summed E-state index contributed by atoms with van der Waals surface area (Å²) in [6.07, 6.45) is 2.33. The van der Waals surface area contributed by atoms with Crippen molar-refractivity contribution in [3.05, 3.63) is 35.4 Å². The molecule has 3 rings (SSSR count). The number of carbonyl (C=O) groups excluding carboxylic acids is 1. The van der Waals surface area contributed by atoms with Gasteiger partial charge in [-0.05, 0) is 51.9 Å². The van der Waals surface area contributed by atoms with E-state index in [1.807, 2.05) is 18.2 Å². The van der Waals surface area contributed by atoms with E-state index in [1.165, 1.54) is 0 Å². The number of benzene rings is 1. The molecule has 1 aromatic rings. The highest BCUT2D eigenvalue weighted by molar-refractivity contribution is 6.45. The fourth-order valence-electron chi connectivity index (χ4n) is 3.24. The Morgan fingerprint density at radius 1 is 1.14 bits per heavy atom. The van der Waals surface area contributed by atoms with E-state index in [4.69, 9.17) is 9.31 Å². The molecule has 1 aliphatic carbocycles. The summed E-state index contributed by atoms with van der Waals surface area (Å²) in [7, 11) is -0.193. The number of hydrogen-bond donors (Lipinski definition) is 0. The summed E-state index contributed by atoms with van der Waals surface area (Å²) in [6, 6.07) is 7.96. The van der Waals surface area contributed by atoms with Gasteiger partial charge in [0.1, 0.15) is 0 Å². The SMILES string of the molecule is CC1(C)OB(CC2CCC(=O)c3ccccc32)OC1(C)C.